The SMILES string of the molecule is Fc1cccc(C2=NN=C(c3ccc(Cl)cc3)Cn3cccc32)c1. The monoisotopic (exact) mass is 337 g/mol. The number of nitrogens with zero attached hydrogens (tertiary/aromatic N) is 3. The number of aromatic nitrogens is 1. The highest BCUT2D eigenvalue weighted by Crippen LogP contribution is 2.19. The number of hydrogen-bond acceptors (Lipinski definition) is 2. The third kappa shape index (κ3) is 2.76. The summed E-state index contributed by atoms with van der Waals surface area (Å²) in [5.74, 6) is -0.292. The second-order valence-corrected chi connectivity index (χ2v) is 5.97. The van der Waals surface area contributed by atoms with Crippen LogP contribution in [0.5, 0.6) is 0 Å². The van der Waals surface area contributed by atoms with E-state index in [1.165, 1.54) is 12.1 Å². The second-order valence-electron chi connectivity index (χ2n) is 5.53. The highest BCUT2D eigenvalue weighted by atomic mass is 35.5. The van der Waals surface area contributed by atoms with E-state index in [2.05, 4.69) is 14.8 Å². The summed E-state index contributed by atoms with van der Waals surface area (Å²) >= 11 is 5.96. The van der Waals surface area contributed by atoms with Gasteiger partial charge in [-0.3, -0.25) is 0 Å². The summed E-state index contributed by atoms with van der Waals surface area (Å²) in [6.45, 7) is 0.590. The molecule has 118 valence electrons. The summed E-state index contributed by atoms with van der Waals surface area (Å²) in [5, 5.41) is 9.51. The normalized spacial score (nSPS) is 13.8. The molecule has 1 aliphatic heterocycles. The molecule has 0 spiro atoms. The Hall–Kier alpha value is -2.72. The van der Waals surface area contributed by atoms with Gasteiger partial charge in [-0.05, 0) is 42.0 Å². The molecule has 0 saturated carbocycles. The van der Waals surface area contributed by atoms with Crippen LogP contribution in [0.2, 0.25) is 5.02 Å². The minimum absolute atomic E-state index is 0.292. The van der Waals surface area contributed by atoms with Crippen molar-refractivity contribution in [2.45, 2.75) is 6.54 Å². The molecule has 4 rings (SSSR count). The molecule has 0 radical (unpaired) electrons. The minimum atomic E-state index is -0.292. The lowest BCUT2D eigenvalue weighted by Crippen LogP contribution is -2.13. The lowest BCUT2D eigenvalue weighted by molar-refractivity contribution is 0.627. The van der Waals surface area contributed by atoms with Crippen molar-refractivity contribution in [1.29, 1.82) is 0 Å². The van der Waals surface area contributed by atoms with Crippen molar-refractivity contribution < 1.29 is 4.39 Å². The van der Waals surface area contributed by atoms with Crippen LogP contribution in [-0.2, 0) is 6.54 Å². The molecular weight excluding hydrogens is 325 g/mol. The Kier molecular flexibility index (Phi) is 3.75. The van der Waals surface area contributed by atoms with Crippen LogP contribution >= 0.6 is 11.6 Å². The van der Waals surface area contributed by atoms with E-state index in [9.17, 15) is 4.39 Å². The second kappa shape index (κ2) is 6.06. The predicted molar refractivity (Wildman–Crippen MR) is 94.5 cm³/mol. The summed E-state index contributed by atoms with van der Waals surface area (Å²) in [6, 6.07) is 17.8. The summed E-state index contributed by atoms with van der Waals surface area (Å²) in [5.41, 5.74) is 4.06. The van der Waals surface area contributed by atoms with Crippen molar-refractivity contribution >= 4 is 23.0 Å². The van der Waals surface area contributed by atoms with Gasteiger partial charge < -0.3 is 4.57 Å². The highest BCUT2D eigenvalue weighted by molar-refractivity contribution is 6.30. The van der Waals surface area contributed by atoms with Gasteiger partial charge in [0.1, 0.15) is 11.5 Å². The summed E-state index contributed by atoms with van der Waals surface area (Å²) in [4.78, 5) is 0. The first-order valence-electron chi connectivity index (χ1n) is 7.52. The number of fused-ring (bicyclic) bond motifs is 1. The lowest BCUT2D eigenvalue weighted by atomic mass is 10.1. The molecule has 0 aliphatic carbocycles. The fourth-order valence-electron chi connectivity index (χ4n) is 2.75. The lowest BCUT2D eigenvalue weighted by Gasteiger charge is -2.09. The third-order valence-electron chi connectivity index (χ3n) is 3.94. The average molecular weight is 338 g/mol. The van der Waals surface area contributed by atoms with Crippen LogP contribution in [0.4, 0.5) is 4.39 Å². The summed E-state index contributed by atoms with van der Waals surface area (Å²) in [7, 11) is 0. The first-order chi connectivity index (χ1) is 11.7. The van der Waals surface area contributed by atoms with E-state index in [1.807, 2.05) is 48.7 Å². The van der Waals surface area contributed by atoms with Crippen molar-refractivity contribution in [3.05, 3.63) is 94.5 Å². The van der Waals surface area contributed by atoms with Gasteiger partial charge in [0.25, 0.3) is 0 Å². The molecule has 24 heavy (non-hydrogen) atoms. The molecular formula is C19H13ClFN3. The highest BCUT2D eigenvalue weighted by Gasteiger charge is 2.17. The quantitative estimate of drug-likeness (QED) is 0.657. The Morgan fingerprint density at radius 2 is 1.75 bits per heavy atom. The van der Waals surface area contributed by atoms with Crippen LogP contribution in [0.15, 0.2) is 77.1 Å². The van der Waals surface area contributed by atoms with Gasteiger partial charge in [0.2, 0.25) is 0 Å². The van der Waals surface area contributed by atoms with Crippen LogP contribution in [-0.4, -0.2) is 16.0 Å². The van der Waals surface area contributed by atoms with Gasteiger partial charge in [0, 0.05) is 16.8 Å². The van der Waals surface area contributed by atoms with Crippen molar-refractivity contribution in [3.63, 3.8) is 0 Å². The van der Waals surface area contributed by atoms with Crippen LogP contribution in [0, 0.1) is 5.82 Å². The van der Waals surface area contributed by atoms with Gasteiger partial charge in [-0.2, -0.15) is 5.10 Å². The molecule has 3 nitrogen and oxygen atoms in total. The van der Waals surface area contributed by atoms with E-state index < -0.39 is 0 Å². The van der Waals surface area contributed by atoms with Gasteiger partial charge in [-0.1, -0.05) is 35.9 Å². The molecule has 0 saturated heterocycles. The zero-order valence-corrected chi connectivity index (χ0v) is 13.4. The van der Waals surface area contributed by atoms with Crippen LogP contribution in [0.1, 0.15) is 16.8 Å². The maximum atomic E-state index is 13.6. The van der Waals surface area contributed by atoms with Crippen molar-refractivity contribution in [3.8, 4) is 0 Å². The Bertz CT molecular complexity index is 955. The first-order valence-corrected chi connectivity index (χ1v) is 7.90. The smallest absolute Gasteiger partial charge is 0.123 e. The number of benzene rings is 2. The topological polar surface area (TPSA) is 29.6 Å². The van der Waals surface area contributed by atoms with E-state index in [1.54, 1.807) is 6.07 Å². The first kappa shape index (κ1) is 14.8. The Morgan fingerprint density at radius 3 is 2.54 bits per heavy atom. The van der Waals surface area contributed by atoms with Crippen LogP contribution in [0.25, 0.3) is 0 Å². The molecule has 0 atom stereocenters. The molecule has 3 aromatic rings. The number of halogens is 2. The molecule has 2 heterocycles. The Labute approximate surface area is 143 Å². The molecule has 0 amide bonds. The van der Waals surface area contributed by atoms with Gasteiger partial charge in [-0.15, -0.1) is 5.10 Å². The van der Waals surface area contributed by atoms with E-state index in [0.29, 0.717) is 22.8 Å². The molecule has 0 N–H and O–H groups in total. The molecule has 2 aromatic carbocycles. The van der Waals surface area contributed by atoms with Crippen molar-refractivity contribution in [1.82, 2.24) is 4.57 Å². The third-order valence-corrected chi connectivity index (χ3v) is 4.19. The molecule has 1 aromatic heterocycles. The summed E-state index contributed by atoms with van der Waals surface area (Å²) in [6.07, 6.45) is 1.97. The van der Waals surface area contributed by atoms with E-state index >= 15 is 0 Å². The summed E-state index contributed by atoms with van der Waals surface area (Å²) < 4.78 is 15.7. The zero-order chi connectivity index (χ0) is 16.5. The minimum Gasteiger partial charge on any atom is -0.340 e. The Morgan fingerprint density at radius 1 is 0.917 bits per heavy atom. The van der Waals surface area contributed by atoms with Crippen molar-refractivity contribution in [2.24, 2.45) is 10.2 Å². The number of hydrogen-bond donors (Lipinski definition) is 0. The molecule has 0 unspecified atom stereocenters. The fourth-order valence-corrected chi connectivity index (χ4v) is 2.88. The fraction of sp³-hybridized carbons (Fsp3) is 0.0526. The van der Waals surface area contributed by atoms with Gasteiger partial charge in [0.05, 0.1) is 18.0 Å². The standard InChI is InChI=1S/C19H13ClFN3/c20-15-8-6-13(7-9-15)17-12-24-10-2-5-18(24)19(23-22-17)14-3-1-4-16(21)11-14/h1-11H,12H2. The molecule has 0 bridgehead atoms. The van der Waals surface area contributed by atoms with Crippen LogP contribution in [0.3, 0.4) is 0 Å². The molecule has 0 fully saturated rings. The van der Waals surface area contributed by atoms with Crippen molar-refractivity contribution in [2.75, 3.05) is 0 Å². The molecule has 1 aliphatic rings. The largest absolute Gasteiger partial charge is 0.340 e. The van der Waals surface area contributed by atoms with Gasteiger partial charge in [0.15, 0.2) is 0 Å². The van der Waals surface area contributed by atoms with E-state index in [0.717, 1.165) is 17.0 Å². The van der Waals surface area contributed by atoms with Gasteiger partial charge in [-0.25, -0.2) is 4.39 Å². The Balaban J connectivity index is 1.83. The van der Waals surface area contributed by atoms with Crippen LogP contribution < -0.4 is 0 Å². The number of rotatable bonds is 2. The van der Waals surface area contributed by atoms with E-state index in [-0.39, 0.29) is 5.82 Å². The van der Waals surface area contributed by atoms with E-state index in [4.69, 9.17) is 11.6 Å². The zero-order valence-electron chi connectivity index (χ0n) is 12.7. The van der Waals surface area contributed by atoms with Gasteiger partial charge >= 0.3 is 0 Å². The predicted octanol–water partition coefficient (Wildman–Crippen LogP) is 4.54. The molecule has 5 heteroatoms. The maximum Gasteiger partial charge on any atom is 0.123 e. The average Bonchev–Trinajstić information content (AvgIpc) is 2.95. The maximum absolute atomic E-state index is 13.6.